The molecule has 0 atom stereocenters. The zero-order valence-corrected chi connectivity index (χ0v) is 14.9. The van der Waals surface area contributed by atoms with Gasteiger partial charge in [-0.05, 0) is 55.8 Å². The molecule has 1 amide bonds. The number of methoxy groups -OCH3 is 1. The summed E-state index contributed by atoms with van der Waals surface area (Å²) in [6.07, 6.45) is 1.48. The van der Waals surface area contributed by atoms with Gasteiger partial charge < -0.3 is 14.4 Å². The van der Waals surface area contributed by atoms with Gasteiger partial charge in [-0.15, -0.1) is 0 Å². The first-order valence-electron chi connectivity index (χ1n) is 8.20. The maximum absolute atomic E-state index is 12.3. The summed E-state index contributed by atoms with van der Waals surface area (Å²) in [6.45, 7) is 4.83. The number of rotatable bonds is 5. The lowest BCUT2D eigenvalue weighted by Gasteiger charge is -2.04. The van der Waals surface area contributed by atoms with Crippen molar-refractivity contribution < 1.29 is 14.6 Å². The summed E-state index contributed by atoms with van der Waals surface area (Å²) in [4.78, 5) is 16.8. The predicted molar refractivity (Wildman–Crippen MR) is 99.9 cm³/mol. The minimum absolute atomic E-state index is 0.0452. The lowest BCUT2D eigenvalue weighted by Crippen LogP contribution is -2.17. The highest BCUT2D eigenvalue weighted by Gasteiger charge is 2.10. The number of hydrogen-bond donors (Lipinski definition) is 2. The summed E-state index contributed by atoms with van der Waals surface area (Å²) in [5.74, 6) is 0.980. The van der Waals surface area contributed by atoms with E-state index in [4.69, 9.17) is 4.74 Å². The summed E-state index contributed by atoms with van der Waals surface area (Å²) in [5.41, 5.74) is 5.45. The highest BCUT2D eigenvalue weighted by Crippen LogP contribution is 2.25. The third kappa shape index (κ3) is 3.37. The van der Waals surface area contributed by atoms with E-state index in [0.29, 0.717) is 16.9 Å². The van der Waals surface area contributed by atoms with E-state index in [1.54, 1.807) is 24.3 Å². The summed E-state index contributed by atoms with van der Waals surface area (Å²) in [7, 11) is 1.47. The van der Waals surface area contributed by atoms with Gasteiger partial charge in [0.05, 0.1) is 24.4 Å². The fourth-order valence-electron chi connectivity index (χ4n) is 2.80. The normalized spacial score (nSPS) is 11.2. The molecule has 3 rings (SSSR count). The number of aryl methyl sites for hydroxylation is 2. The van der Waals surface area contributed by atoms with Crippen molar-refractivity contribution in [3.05, 3.63) is 53.3 Å². The van der Waals surface area contributed by atoms with Gasteiger partial charge in [0.1, 0.15) is 5.82 Å². The molecule has 7 heteroatoms. The Balaban J connectivity index is 1.75. The number of phenols is 1. The highest BCUT2D eigenvalue weighted by molar-refractivity contribution is 5.98. The number of hydrazone groups is 1. The van der Waals surface area contributed by atoms with Crippen LogP contribution in [-0.4, -0.2) is 33.9 Å². The average Bonchev–Trinajstić information content (AvgIpc) is 2.96. The molecular weight excluding hydrogens is 332 g/mol. The van der Waals surface area contributed by atoms with Crippen molar-refractivity contribution >= 4 is 23.2 Å². The van der Waals surface area contributed by atoms with Crippen LogP contribution in [0.2, 0.25) is 0 Å². The van der Waals surface area contributed by atoms with Gasteiger partial charge in [-0.25, -0.2) is 10.4 Å². The Morgan fingerprint density at radius 1 is 1.35 bits per heavy atom. The molecule has 0 unspecified atom stereocenters. The molecule has 7 nitrogen and oxygen atoms in total. The van der Waals surface area contributed by atoms with Crippen LogP contribution in [0.4, 0.5) is 0 Å². The lowest BCUT2D eigenvalue weighted by molar-refractivity contribution is 0.0955. The van der Waals surface area contributed by atoms with Crippen molar-refractivity contribution in [2.45, 2.75) is 20.4 Å². The van der Waals surface area contributed by atoms with Gasteiger partial charge in [-0.2, -0.15) is 5.10 Å². The largest absolute Gasteiger partial charge is 0.504 e. The van der Waals surface area contributed by atoms with Crippen LogP contribution in [0.3, 0.4) is 0 Å². The Morgan fingerprint density at radius 3 is 2.88 bits per heavy atom. The molecule has 0 fully saturated rings. The SMILES string of the molecule is CCn1c(C)nc2cc(C(=O)NN=Cc3ccc(O)c(OC)c3)ccc21. The molecule has 0 saturated carbocycles. The molecule has 0 aliphatic heterocycles. The number of nitrogens with zero attached hydrogens (tertiary/aromatic N) is 3. The Morgan fingerprint density at radius 2 is 2.15 bits per heavy atom. The van der Waals surface area contributed by atoms with Gasteiger partial charge in [0.2, 0.25) is 0 Å². The van der Waals surface area contributed by atoms with Crippen molar-refractivity contribution in [2.75, 3.05) is 7.11 Å². The van der Waals surface area contributed by atoms with E-state index >= 15 is 0 Å². The molecule has 26 heavy (non-hydrogen) atoms. The summed E-state index contributed by atoms with van der Waals surface area (Å²) >= 11 is 0. The third-order valence-electron chi connectivity index (χ3n) is 4.10. The molecule has 0 aliphatic carbocycles. The number of fused-ring (bicyclic) bond motifs is 1. The van der Waals surface area contributed by atoms with Gasteiger partial charge in [-0.1, -0.05) is 0 Å². The van der Waals surface area contributed by atoms with Crippen LogP contribution in [0.1, 0.15) is 28.7 Å². The molecule has 2 N–H and O–H groups in total. The fraction of sp³-hybridized carbons (Fsp3) is 0.211. The van der Waals surface area contributed by atoms with Crippen molar-refractivity contribution in [3.63, 3.8) is 0 Å². The van der Waals surface area contributed by atoms with Crippen LogP contribution >= 0.6 is 0 Å². The molecule has 0 saturated heterocycles. The summed E-state index contributed by atoms with van der Waals surface area (Å²) in [6, 6.07) is 10.2. The number of nitrogens with one attached hydrogen (secondary N) is 1. The molecule has 0 aliphatic rings. The summed E-state index contributed by atoms with van der Waals surface area (Å²) in [5, 5.41) is 13.5. The number of carbonyl (C=O) groups is 1. The number of ether oxygens (including phenoxy) is 1. The topological polar surface area (TPSA) is 88.7 Å². The quantitative estimate of drug-likeness (QED) is 0.546. The monoisotopic (exact) mass is 352 g/mol. The molecule has 2 aromatic carbocycles. The van der Waals surface area contributed by atoms with Crippen LogP contribution in [0.5, 0.6) is 11.5 Å². The smallest absolute Gasteiger partial charge is 0.271 e. The van der Waals surface area contributed by atoms with Gasteiger partial charge in [-0.3, -0.25) is 4.79 Å². The van der Waals surface area contributed by atoms with Gasteiger partial charge in [0, 0.05) is 12.1 Å². The van der Waals surface area contributed by atoms with Crippen LogP contribution < -0.4 is 10.2 Å². The first kappa shape index (κ1) is 17.5. The van der Waals surface area contributed by atoms with Crippen LogP contribution in [0.25, 0.3) is 11.0 Å². The first-order valence-corrected chi connectivity index (χ1v) is 8.20. The van der Waals surface area contributed by atoms with Crippen LogP contribution in [-0.2, 0) is 6.54 Å². The van der Waals surface area contributed by atoms with E-state index in [1.807, 2.05) is 13.0 Å². The second-order valence-electron chi connectivity index (χ2n) is 5.74. The molecule has 134 valence electrons. The highest BCUT2D eigenvalue weighted by atomic mass is 16.5. The molecule has 0 radical (unpaired) electrons. The Labute approximate surface area is 150 Å². The molecule has 1 heterocycles. The minimum Gasteiger partial charge on any atom is -0.504 e. The molecule has 0 spiro atoms. The number of amides is 1. The zero-order chi connectivity index (χ0) is 18.7. The van der Waals surface area contributed by atoms with Gasteiger partial charge in [0.25, 0.3) is 5.91 Å². The number of hydrogen-bond acceptors (Lipinski definition) is 5. The zero-order valence-electron chi connectivity index (χ0n) is 14.9. The Hall–Kier alpha value is -3.35. The number of aromatic hydroxyl groups is 1. The number of carbonyl (C=O) groups excluding carboxylic acids is 1. The van der Waals surface area contributed by atoms with Gasteiger partial charge >= 0.3 is 0 Å². The Kier molecular flexibility index (Phi) is 4.88. The van der Waals surface area contributed by atoms with Crippen LogP contribution in [0.15, 0.2) is 41.5 Å². The van der Waals surface area contributed by atoms with E-state index in [0.717, 1.165) is 23.4 Å². The van der Waals surface area contributed by atoms with Crippen molar-refractivity contribution in [2.24, 2.45) is 5.10 Å². The van der Waals surface area contributed by atoms with Gasteiger partial charge in [0.15, 0.2) is 11.5 Å². The van der Waals surface area contributed by atoms with E-state index < -0.39 is 0 Å². The number of imidazole rings is 1. The molecular formula is C19H20N4O3. The average molecular weight is 352 g/mol. The minimum atomic E-state index is -0.322. The fourth-order valence-corrected chi connectivity index (χ4v) is 2.80. The van der Waals surface area contributed by atoms with E-state index in [-0.39, 0.29) is 11.7 Å². The maximum Gasteiger partial charge on any atom is 0.271 e. The first-order chi connectivity index (χ1) is 12.5. The van der Waals surface area contributed by atoms with Crippen molar-refractivity contribution in [3.8, 4) is 11.5 Å². The lowest BCUT2D eigenvalue weighted by atomic mass is 10.2. The second-order valence-corrected chi connectivity index (χ2v) is 5.74. The van der Waals surface area contributed by atoms with Crippen LogP contribution in [0, 0.1) is 6.92 Å². The van der Waals surface area contributed by atoms with Crippen molar-refractivity contribution in [1.29, 1.82) is 0 Å². The number of benzene rings is 2. The molecule has 1 aromatic heterocycles. The van der Waals surface area contributed by atoms with E-state index in [9.17, 15) is 9.90 Å². The van der Waals surface area contributed by atoms with E-state index in [1.165, 1.54) is 19.4 Å². The third-order valence-corrected chi connectivity index (χ3v) is 4.10. The predicted octanol–water partition coefficient (Wildman–Crippen LogP) is 2.84. The Bertz CT molecular complexity index is 992. The standard InChI is InChI=1S/C19H20N4O3/c1-4-23-12(2)21-15-10-14(6-7-16(15)23)19(25)22-20-11-13-5-8-17(24)18(9-13)26-3/h5-11,24H,4H2,1-3H3,(H,22,25). The van der Waals surface area contributed by atoms with E-state index in [2.05, 4.69) is 27.0 Å². The second kappa shape index (κ2) is 7.26. The maximum atomic E-state index is 12.3. The molecule has 0 bridgehead atoms. The number of aromatic nitrogens is 2. The van der Waals surface area contributed by atoms with Crippen molar-refractivity contribution in [1.82, 2.24) is 15.0 Å². The summed E-state index contributed by atoms with van der Waals surface area (Å²) < 4.78 is 7.13. The number of phenolic OH excluding ortho intramolecular Hbond substituents is 1. The molecule has 3 aromatic rings.